The molecule has 0 aliphatic carbocycles. The molecular formula is C7H10O3S. The van der Waals surface area contributed by atoms with E-state index in [0.29, 0.717) is 6.42 Å². The van der Waals surface area contributed by atoms with Crippen molar-refractivity contribution in [1.29, 1.82) is 0 Å². The topological polar surface area (TPSA) is 43.4 Å². The van der Waals surface area contributed by atoms with Gasteiger partial charge in [0.1, 0.15) is 6.61 Å². The van der Waals surface area contributed by atoms with Crippen molar-refractivity contribution >= 4 is 10.1 Å². The zero-order valence-corrected chi connectivity index (χ0v) is 6.93. The minimum absolute atomic E-state index is 0.0574. The van der Waals surface area contributed by atoms with E-state index in [0.717, 1.165) is 0 Å². The Morgan fingerprint density at radius 3 is 2.73 bits per heavy atom. The third-order valence-corrected chi connectivity index (χ3v) is 2.11. The SMILES string of the molecule is C#CCOS(=O)(=O)CCC=C. The van der Waals surface area contributed by atoms with Crippen molar-refractivity contribution in [3.8, 4) is 12.3 Å². The lowest BCUT2D eigenvalue weighted by Crippen LogP contribution is -2.09. The second kappa shape index (κ2) is 4.94. The van der Waals surface area contributed by atoms with E-state index < -0.39 is 10.1 Å². The molecule has 0 saturated heterocycles. The Bertz CT molecular complexity index is 245. The number of allylic oxidation sites excluding steroid dienone is 1. The Kier molecular flexibility index (Phi) is 4.59. The molecule has 0 heterocycles. The smallest absolute Gasteiger partial charge is 0.257 e. The fourth-order valence-electron chi connectivity index (χ4n) is 0.410. The highest BCUT2D eigenvalue weighted by molar-refractivity contribution is 7.86. The molecule has 0 rings (SSSR count). The number of hydrogen-bond acceptors (Lipinski definition) is 3. The van der Waals surface area contributed by atoms with Crippen molar-refractivity contribution < 1.29 is 12.6 Å². The summed E-state index contributed by atoms with van der Waals surface area (Å²) in [4.78, 5) is 0. The standard InChI is InChI=1S/C7H10O3S/c1-3-5-7-11(8,9)10-6-4-2/h2-3H,1,5-7H2. The van der Waals surface area contributed by atoms with Gasteiger partial charge in [-0.1, -0.05) is 12.0 Å². The Labute approximate surface area is 67.2 Å². The van der Waals surface area contributed by atoms with Crippen molar-refractivity contribution in [3.63, 3.8) is 0 Å². The molecule has 0 aliphatic rings. The molecule has 0 saturated carbocycles. The first-order chi connectivity index (χ1) is 5.12. The van der Waals surface area contributed by atoms with Gasteiger partial charge < -0.3 is 0 Å². The molecule has 0 aromatic rings. The molecule has 4 heteroatoms. The molecule has 62 valence electrons. The molecule has 0 bridgehead atoms. The van der Waals surface area contributed by atoms with Crippen LogP contribution in [-0.4, -0.2) is 20.8 Å². The summed E-state index contributed by atoms with van der Waals surface area (Å²) in [5, 5.41) is 0. The van der Waals surface area contributed by atoms with Gasteiger partial charge in [0.2, 0.25) is 0 Å². The van der Waals surface area contributed by atoms with Crippen LogP contribution in [0.1, 0.15) is 6.42 Å². The normalized spacial score (nSPS) is 10.5. The summed E-state index contributed by atoms with van der Waals surface area (Å²) < 4.78 is 25.9. The molecule has 0 fully saturated rings. The van der Waals surface area contributed by atoms with Crippen LogP contribution >= 0.6 is 0 Å². The van der Waals surface area contributed by atoms with Crippen LogP contribution in [0.5, 0.6) is 0 Å². The van der Waals surface area contributed by atoms with Crippen LogP contribution in [0.3, 0.4) is 0 Å². The highest BCUT2D eigenvalue weighted by Gasteiger charge is 2.07. The zero-order valence-electron chi connectivity index (χ0n) is 6.12. The predicted octanol–water partition coefficient (Wildman–Crippen LogP) is 0.542. The van der Waals surface area contributed by atoms with E-state index in [9.17, 15) is 8.42 Å². The Hall–Kier alpha value is -0.790. The maximum atomic E-state index is 10.8. The average Bonchev–Trinajstić information content (AvgIpc) is 1.97. The van der Waals surface area contributed by atoms with Crippen molar-refractivity contribution in [3.05, 3.63) is 12.7 Å². The molecule has 0 aromatic heterocycles. The van der Waals surface area contributed by atoms with E-state index in [2.05, 4.69) is 16.7 Å². The van der Waals surface area contributed by atoms with Gasteiger partial charge >= 0.3 is 0 Å². The van der Waals surface area contributed by atoms with E-state index in [1.54, 1.807) is 0 Å². The van der Waals surface area contributed by atoms with Gasteiger partial charge in [-0.3, -0.25) is 4.18 Å². The minimum atomic E-state index is -3.42. The molecule has 0 spiro atoms. The minimum Gasteiger partial charge on any atom is -0.257 e. The van der Waals surface area contributed by atoms with E-state index >= 15 is 0 Å². The first kappa shape index (κ1) is 10.2. The van der Waals surface area contributed by atoms with Crippen LogP contribution in [0.15, 0.2) is 12.7 Å². The summed E-state index contributed by atoms with van der Waals surface area (Å²) in [7, 11) is -3.42. The summed E-state index contributed by atoms with van der Waals surface area (Å²) in [5.74, 6) is 2.02. The molecule has 0 aliphatic heterocycles. The summed E-state index contributed by atoms with van der Waals surface area (Å²) in [6.07, 6.45) is 6.70. The lowest BCUT2D eigenvalue weighted by atomic mass is 10.5. The van der Waals surface area contributed by atoms with Gasteiger partial charge in [-0.25, -0.2) is 0 Å². The first-order valence-corrected chi connectivity index (χ1v) is 4.61. The maximum absolute atomic E-state index is 10.8. The highest BCUT2D eigenvalue weighted by atomic mass is 32.2. The fraction of sp³-hybridized carbons (Fsp3) is 0.429. The van der Waals surface area contributed by atoms with E-state index in [4.69, 9.17) is 6.42 Å². The second-order valence-electron chi connectivity index (χ2n) is 1.81. The molecule has 0 unspecified atom stereocenters. The molecular weight excluding hydrogens is 164 g/mol. The van der Waals surface area contributed by atoms with Gasteiger partial charge in [0.05, 0.1) is 5.75 Å². The van der Waals surface area contributed by atoms with E-state index in [1.807, 2.05) is 0 Å². The Morgan fingerprint density at radius 2 is 2.27 bits per heavy atom. The van der Waals surface area contributed by atoms with Crippen LogP contribution in [-0.2, 0) is 14.3 Å². The Morgan fingerprint density at radius 1 is 1.64 bits per heavy atom. The van der Waals surface area contributed by atoms with Gasteiger partial charge in [-0.15, -0.1) is 13.0 Å². The lowest BCUT2D eigenvalue weighted by Gasteiger charge is -1.98. The van der Waals surface area contributed by atoms with E-state index in [-0.39, 0.29) is 12.4 Å². The second-order valence-corrected chi connectivity index (χ2v) is 3.56. The molecule has 0 radical (unpaired) electrons. The number of hydrogen-bond donors (Lipinski definition) is 0. The summed E-state index contributed by atoms with van der Waals surface area (Å²) in [6.45, 7) is 3.19. The third-order valence-electron chi connectivity index (χ3n) is 0.894. The molecule has 0 N–H and O–H groups in total. The predicted molar refractivity (Wildman–Crippen MR) is 43.4 cm³/mol. The largest absolute Gasteiger partial charge is 0.268 e. The third kappa shape index (κ3) is 5.64. The van der Waals surface area contributed by atoms with Gasteiger partial charge in [0.15, 0.2) is 0 Å². The number of terminal acetylenes is 1. The number of rotatable bonds is 5. The average molecular weight is 174 g/mol. The molecule has 0 amide bonds. The molecule has 0 atom stereocenters. The molecule has 0 aromatic carbocycles. The van der Waals surface area contributed by atoms with Crippen LogP contribution in [0.4, 0.5) is 0 Å². The summed E-state index contributed by atoms with van der Waals surface area (Å²) in [6, 6.07) is 0. The lowest BCUT2D eigenvalue weighted by molar-refractivity contribution is 0.363. The van der Waals surface area contributed by atoms with Gasteiger partial charge in [0.25, 0.3) is 10.1 Å². The van der Waals surface area contributed by atoms with Gasteiger partial charge in [-0.2, -0.15) is 8.42 Å². The van der Waals surface area contributed by atoms with Crippen LogP contribution in [0, 0.1) is 12.3 Å². The van der Waals surface area contributed by atoms with E-state index in [1.165, 1.54) is 6.08 Å². The Balaban J connectivity index is 3.83. The van der Waals surface area contributed by atoms with Gasteiger partial charge in [0, 0.05) is 0 Å². The van der Waals surface area contributed by atoms with Gasteiger partial charge in [-0.05, 0) is 6.42 Å². The zero-order chi connectivity index (χ0) is 8.74. The molecule has 11 heavy (non-hydrogen) atoms. The van der Waals surface area contributed by atoms with Crippen LogP contribution in [0.2, 0.25) is 0 Å². The van der Waals surface area contributed by atoms with Crippen molar-refractivity contribution in [2.75, 3.05) is 12.4 Å². The maximum Gasteiger partial charge on any atom is 0.268 e. The van der Waals surface area contributed by atoms with Crippen molar-refractivity contribution in [2.45, 2.75) is 6.42 Å². The van der Waals surface area contributed by atoms with Crippen molar-refractivity contribution in [2.24, 2.45) is 0 Å². The highest BCUT2D eigenvalue weighted by Crippen LogP contribution is 1.95. The summed E-state index contributed by atoms with van der Waals surface area (Å²) in [5.41, 5.74) is 0. The molecule has 3 nitrogen and oxygen atoms in total. The summed E-state index contributed by atoms with van der Waals surface area (Å²) >= 11 is 0. The van der Waals surface area contributed by atoms with Crippen LogP contribution in [0.25, 0.3) is 0 Å². The van der Waals surface area contributed by atoms with Crippen molar-refractivity contribution in [1.82, 2.24) is 0 Å². The monoisotopic (exact) mass is 174 g/mol. The first-order valence-electron chi connectivity index (χ1n) is 3.04. The fourth-order valence-corrected chi connectivity index (χ4v) is 1.23. The quantitative estimate of drug-likeness (QED) is 0.347. The van der Waals surface area contributed by atoms with Crippen LogP contribution < -0.4 is 0 Å².